The number of rotatable bonds is 7. The fourth-order valence-electron chi connectivity index (χ4n) is 1.15. The van der Waals surface area contributed by atoms with E-state index in [0.717, 1.165) is 25.7 Å². The molecule has 0 aliphatic carbocycles. The van der Waals surface area contributed by atoms with Crippen LogP contribution in [0.3, 0.4) is 0 Å². The third-order valence-electron chi connectivity index (χ3n) is 1.87. The van der Waals surface area contributed by atoms with Crippen molar-refractivity contribution in [1.82, 2.24) is 0 Å². The Kier molecular flexibility index (Phi) is 11.7. The molecule has 6 heteroatoms. The van der Waals surface area contributed by atoms with Crippen LogP contribution < -0.4 is 0 Å². The minimum atomic E-state index is -4.29. The van der Waals surface area contributed by atoms with Crippen molar-refractivity contribution in [3.8, 4) is 0 Å². The van der Waals surface area contributed by atoms with E-state index in [0.29, 0.717) is 6.42 Å². The maximum absolute atomic E-state index is 10.5. The summed E-state index contributed by atoms with van der Waals surface area (Å²) in [5, 5.41) is 0. The topological polar surface area (TPSA) is 66.8 Å². The van der Waals surface area contributed by atoms with Crippen LogP contribution in [0.15, 0.2) is 0 Å². The van der Waals surface area contributed by atoms with Crippen LogP contribution in [-0.4, -0.2) is 45.4 Å². The molecule has 0 bridgehead atoms. The van der Waals surface area contributed by atoms with Gasteiger partial charge in [0.25, 0.3) is 0 Å². The second-order valence-electron chi connectivity index (χ2n) is 3.12. The van der Waals surface area contributed by atoms with Crippen LogP contribution >= 0.6 is 7.82 Å². The monoisotopic (exact) mass is 233 g/mol. The molecule has 4 nitrogen and oxygen atoms in total. The Morgan fingerprint density at radius 3 is 2.21 bits per heavy atom. The Bertz CT molecular complexity index is 171. The summed E-state index contributed by atoms with van der Waals surface area (Å²) in [5.41, 5.74) is 0. The van der Waals surface area contributed by atoms with Crippen molar-refractivity contribution in [2.75, 3.05) is 0 Å². The summed E-state index contributed by atoms with van der Waals surface area (Å²) in [6, 6.07) is 0. The first kappa shape index (κ1) is 17.5. The van der Waals surface area contributed by atoms with Crippen LogP contribution in [0.1, 0.15) is 46.0 Å². The summed E-state index contributed by atoms with van der Waals surface area (Å²) in [7, 11) is -4.29. The van der Waals surface area contributed by atoms with Crippen LogP contribution in [0.2, 0.25) is 0 Å². The van der Waals surface area contributed by atoms with E-state index in [2.05, 4.69) is 11.4 Å². The van der Waals surface area contributed by atoms with E-state index in [4.69, 9.17) is 9.79 Å². The van der Waals surface area contributed by atoms with E-state index in [9.17, 15) is 4.57 Å². The molecular formula is C8H19NaO4P. The molecule has 0 spiro atoms. The summed E-state index contributed by atoms with van der Waals surface area (Å²) in [5.74, 6) is 0. The quantitative estimate of drug-likeness (QED) is 0.401. The molecule has 0 amide bonds. The SMILES string of the molecule is CCCCCC(CC)OP(=O)(O)O.[Na]. The van der Waals surface area contributed by atoms with Gasteiger partial charge in [0.2, 0.25) is 0 Å². The Labute approximate surface area is 108 Å². The fourth-order valence-corrected chi connectivity index (χ4v) is 1.79. The molecular weight excluding hydrogens is 214 g/mol. The van der Waals surface area contributed by atoms with E-state index in [1.807, 2.05) is 6.92 Å². The average molecular weight is 233 g/mol. The van der Waals surface area contributed by atoms with Crippen molar-refractivity contribution in [1.29, 1.82) is 0 Å². The van der Waals surface area contributed by atoms with Gasteiger partial charge in [-0.05, 0) is 12.8 Å². The molecule has 2 N–H and O–H groups in total. The maximum Gasteiger partial charge on any atom is 0.469 e. The third-order valence-corrected chi connectivity index (χ3v) is 2.44. The van der Waals surface area contributed by atoms with E-state index in [1.165, 1.54) is 0 Å². The van der Waals surface area contributed by atoms with Crippen molar-refractivity contribution in [2.45, 2.75) is 52.1 Å². The average Bonchev–Trinajstić information content (AvgIpc) is 2.01. The molecule has 0 aromatic carbocycles. The minimum Gasteiger partial charge on any atom is -0.303 e. The molecule has 0 fully saturated rings. The molecule has 0 aliphatic rings. The van der Waals surface area contributed by atoms with Crippen molar-refractivity contribution >= 4 is 37.4 Å². The van der Waals surface area contributed by atoms with Gasteiger partial charge in [0.1, 0.15) is 0 Å². The van der Waals surface area contributed by atoms with E-state index in [1.54, 1.807) is 0 Å². The Hall–Kier alpha value is 1.11. The van der Waals surface area contributed by atoms with Gasteiger partial charge in [-0.3, -0.25) is 4.52 Å². The van der Waals surface area contributed by atoms with Gasteiger partial charge >= 0.3 is 7.82 Å². The van der Waals surface area contributed by atoms with Crippen molar-refractivity contribution in [2.24, 2.45) is 0 Å². The van der Waals surface area contributed by atoms with Crippen molar-refractivity contribution in [3.63, 3.8) is 0 Å². The number of phosphoric acid groups is 1. The second-order valence-corrected chi connectivity index (χ2v) is 4.31. The molecule has 0 aliphatic heterocycles. The fraction of sp³-hybridized carbons (Fsp3) is 1.00. The first-order valence-electron chi connectivity index (χ1n) is 4.73. The van der Waals surface area contributed by atoms with Gasteiger partial charge in [0, 0.05) is 29.6 Å². The second kappa shape index (κ2) is 9.34. The molecule has 0 heterocycles. The van der Waals surface area contributed by atoms with Crippen LogP contribution in [0.5, 0.6) is 0 Å². The summed E-state index contributed by atoms with van der Waals surface area (Å²) >= 11 is 0. The van der Waals surface area contributed by atoms with Gasteiger partial charge in [-0.25, -0.2) is 4.57 Å². The molecule has 0 aromatic rings. The summed E-state index contributed by atoms with van der Waals surface area (Å²) in [6.45, 7) is 3.96. The zero-order valence-electron chi connectivity index (χ0n) is 9.27. The number of hydrogen-bond donors (Lipinski definition) is 2. The molecule has 0 rings (SSSR count). The predicted molar refractivity (Wildman–Crippen MR) is 57.1 cm³/mol. The maximum atomic E-state index is 10.5. The van der Waals surface area contributed by atoms with E-state index < -0.39 is 7.82 Å². The molecule has 1 unspecified atom stereocenters. The van der Waals surface area contributed by atoms with Gasteiger partial charge in [-0.1, -0.05) is 33.1 Å². The first-order valence-corrected chi connectivity index (χ1v) is 6.26. The third kappa shape index (κ3) is 11.2. The van der Waals surface area contributed by atoms with Crippen LogP contribution in [0.25, 0.3) is 0 Å². The Morgan fingerprint density at radius 1 is 1.29 bits per heavy atom. The van der Waals surface area contributed by atoms with Crippen LogP contribution in [-0.2, 0) is 9.09 Å². The van der Waals surface area contributed by atoms with Gasteiger partial charge < -0.3 is 9.79 Å². The molecule has 0 saturated heterocycles. The van der Waals surface area contributed by atoms with Crippen LogP contribution in [0.4, 0.5) is 0 Å². The normalized spacial score (nSPS) is 13.4. The van der Waals surface area contributed by atoms with E-state index >= 15 is 0 Å². The first-order chi connectivity index (χ1) is 5.99. The largest absolute Gasteiger partial charge is 0.469 e. The molecule has 81 valence electrons. The van der Waals surface area contributed by atoms with Gasteiger partial charge in [-0.2, -0.15) is 0 Å². The van der Waals surface area contributed by atoms with Crippen molar-refractivity contribution < 1.29 is 18.9 Å². The smallest absolute Gasteiger partial charge is 0.303 e. The predicted octanol–water partition coefficient (Wildman–Crippen LogP) is 2.07. The standard InChI is InChI=1S/C8H19O4P.Na/c1-3-5-6-7-8(4-2)12-13(9,10)11;/h8H,3-7H2,1-2H3,(H2,9,10,11);. The molecule has 0 aromatic heterocycles. The summed E-state index contributed by atoms with van der Waals surface area (Å²) < 4.78 is 15.1. The van der Waals surface area contributed by atoms with Gasteiger partial charge in [0.05, 0.1) is 6.10 Å². The van der Waals surface area contributed by atoms with Crippen LogP contribution in [0, 0.1) is 0 Å². The van der Waals surface area contributed by atoms with Gasteiger partial charge in [-0.15, -0.1) is 0 Å². The number of hydrogen-bond acceptors (Lipinski definition) is 2. The Balaban J connectivity index is 0. The number of unbranched alkanes of at least 4 members (excludes halogenated alkanes) is 2. The molecule has 0 saturated carbocycles. The number of phosphoric ester groups is 1. The molecule has 14 heavy (non-hydrogen) atoms. The Morgan fingerprint density at radius 2 is 1.86 bits per heavy atom. The van der Waals surface area contributed by atoms with Crippen molar-refractivity contribution in [3.05, 3.63) is 0 Å². The minimum absolute atomic E-state index is 0. The summed E-state index contributed by atoms with van der Waals surface area (Å²) in [6.07, 6.45) is 4.24. The zero-order chi connectivity index (χ0) is 10.3. The van der Waals surface area contributed by atoms with Gasteiger partial charge in [0.15, 0.2) is 0 Å². The zero-order valence-corrected chi connectivity index (χ0v) is 12.2. The van der Waals surface area contributed by atoms with E-state index in [-0.39, 0.29) is 35.7 Å². The molecule has 1 radical (unpaired) electrons. The molecule has 1 atom stereocenters. The summed E-state index contributed by atoms with van der Waals surface area (Å²) in [4.78, 5) is 17.1.